The standard InChI is InChI=1S/C12H16BrN3O3/c13-12-9(2-1-3-11(12)16(17)18)7-15-4-5-19-10(6-14)8-15/h1-3,10H,4-8,14H2. The number of ether oxygens (including phenoxy) is 1. The van der Waals surface area contributed by atoms with Crippen LogP contribution < -0.4 is 5.73 Å². The fraction of sp³-hybridized carbons (Fsp3) is 0.500. The molecular weight excluding hydrogens is 314 g/mol. The van der Waals surface area contributed by atoms with Gasteiger partial charge in [0.2, 0.25) is 0 Å². The highest BCUT2D eigenvalue weighted by molar-refractivity contribution is 9.10. The lowest BCUT2D eigenvalue weighted by Gasteiger charge is -2.32. The van der Waals surface area contributed by atoms with Crippen molar-refractivity contribution in [2.75, 3.05) is 26.2 Å². The van der Waals surface area contributed by atoms with E-state index in [0.29, 0.717) is 24.2 Å². The SMILES string of the molecule is NCC1CN(Cc2cccc([N+](=O)[O-])c2Br)CCO1. The summed E-state index contributed by atoms with van der Waals surface area (Å²) in [6, 6.07) is 5.10. The van der Waals surface area contributed by atoms with Crippen molar-refractivity contribution >= 4 is 21.6 Å². The minimum atomic E-state index is -0.379. The second kappa shape index (κ2) is 6.42. The topological polar surface area (TPSA) is 81.6 Å². The van der Waals surface area contributed by atoms with Gasteiger partial charge in [0.15, 0.2) is 0 Å². The smallest absolute Gasteiger partial charge is 0.283 e. The Balaban J connectivity index is 2.10. The predicted octanol–water partition coefficient (Wildman–Crippen LogP) is 1.52. The highest BCUT2D eigenvalue weighted by Gasteiger charge is 2.21. The molecule has 104 valence electrons. The van der Waals surface area contributed by atoms with Gasteiger partial charge in [-0.3, -0.25) is 15.0 Å². The van der Waals surface area contributed by atoms with Gasteiger partial charge in [0.1, 0.15) is 0 Å². The fourth-order valence-electron chi connectivity index (χ4n) is 2.14. The molecule has 2 rings (SSSR count). The fourth-order valence-corrected chi connectivity index (χ4v) is 2.67. The Morgan fingerprint density at radius 3 is 3.05 bits per heavy atom. The number of nitro groups is 1. The third kappa shape index (κ3) is 3.50. The molecule has 0 bridgehead atoms. The molecule has 1 heterocycles. The summed E-state index contributed by atoms with van der Waals surface area (Å²) >= 11 is 3.32. The number of nitrogens with zero attached hydrogens (tertiary/aromatic N) is 2. The van der Waals surface area contributed by atoms with Crippen LogP contribution in [0.2, 0.25) is 0 Å². The third-order valence-corrected chi connectivity index (χ3v) is 4.05. The molecule has 0 saturated carbocycles. The van der Waals surface area contributed by atoms with Crippen LogP contribution >= 0.6 is 15.9 Å². The Morgan fingerprint density at radius 1 is 1.58 bits per heavy atom. The van der Waals surface area contributed by atoms with Gasteiger partial charge in [-0.15, -0.1) is 0 Å². The lowest BCUT2D eigenvalue weighted by atomic mass is 10.1. The molecule has 1 saturated heterocycles. The summed E-state index contributed by atoms with van der Waals surface area (Å²) in [6.45, 7) is 3.36. The van der Waals surface area contributed by atoms with Crippen molar-refractivity contribution in [3.8, 4) is 0 Å². The Hall–Kier alpha value is -1.02. The van der Waals surface area contributed by atoms with Gasteiger partial charge in [-0.25, -0.2) is 0 Å². The van der Waals surface area contributed by atoms with Crippen LogP contribution in [0.1, 0.15) is 5.56 Å². The highest BCUT2D eigenvalue weighted by atomic mass is 79.9. The van der Waals surface area contributed by atoms with Crippen LogP contribution in [0, 0.1) is 10.1 Å². The largest absolute Gasteiger partial charge is 0.374 e. The van der Waals surface area contributed by atoms with Gasteiger partial charge in [0.25, 0.3) is 5.69 Å². The molecule has 0 aliphatic carbocycles. The van der Waals surface area contributed by atoms with Crippen LogP contribution in [0.4, 0.5) is 5.69 Å². The van der Waals surface area contributed by atoms with Crippen LogP contribution in [0.5, 0.6) is 0 Å². The van der Waals surface area contributed by atoms with Crippen molar-refractivity contribution in [1.29, 1.82) is 0 Å². The van der Waals surface area contributed by atoms with E-state index in [0.717, 1.165) is 18.7 Å². The van der Waals surface area contributed by atoms with E-state index in [4.69, 9.17) is 10.5 Å². The Morgan fingerprint density at radius 2 is 2.37 bits per heavy atom. The van der Waals surface area contributed by atoms with Crippen LogP contribution in [-0.2, 0) is 11.3 Å². The maximum atomic E-state index is 10.9. The minimum absolute atomic E-state index is 0.0474. The van der Waals surface area contributed by atoms with Crippen LogP contribution in [0.25, 0.3) is 0 Å². The van der Waals surface area contributed by atoms with E-state index in [1.165, 1.54) is 6.07 Å². The van der Waals surface area contributed by atoms with Gasteiger partial charge in [0, 0.05) is 32.2 Å². The van der Waals surface area contributed by atoms with Gasteiger partial charge in [-0.1, -0.05) is 12.1 Å². The number of hydrogen-bond donors (Lipinski definition) is 1. The second-order valence-electron chi connectivity index (χ2n) is 4.47. The Bertz CT molecular complexity index is 470. The molecule has 0 amide bonds. The number of rotatable bonds is 4. The average Bonchev–Trinajstić information content (AvgIpc) is 2.41. The van der Waals surface area contributed by atoms with Crippen molar-refractivity contribution in [2.24, 2.45) is 5.73 Å². The minimum Gasteiger partial charge on any atom is -0.374 e. The summed E-state index contributed by atoms with van der Waals surface area (Å²) in [7, 11) is 0. The summed E-state index contributed by atoms with van der Waals surface area (Å²) < 4.78 is 6.05. The monoisotopic (exact) mass is 329 g/mol. The molecule has 1 fully saturated rings. The molecule has 1 aromatic carbocycles. The quantitative estimate of drug-likeness (QED) is 0.669. The van der Waals surface area contributed by atoms with E-state index < -0.39 is 0 Å². The number of hydrogen-bond acceptors (Lipinski definition) is 5. The van der Waals surface area contributed by atoms with E-state index in [9.17, 15) is 10.1 Å². The molecule has 1 unspecified atom stereocenters. The molecule has 2 N–H and O–H groups in total. The lowest BCUT2D eigenvalue weighted by Crippen LogP contribution is -2.45. The normalized spacial score (nSPS) is 20.4. The van der Waals surface area contributed by atoms with Crippen molar-refractivity contribution in [3.05, 3.63) is 38.3 Å². The molecule has 7 heteroatoms. The molecule has 0 aromatic heterocycles. The zero-order valence-corrected chi connectivity index (χ0v) is 12.0. The van der Waals surface area contributed by atoms with E-state index in [1.807, 2.05) is 6.07 Å². The molecule has 1 atom stereocenters. The number of morpholine rings is 1. The van der Waals surface area contributed by atoms with Gasteiger partial charge < -0.3 is 10.5 Å². The van der Waals surface area contributed by atoms with Crippen molar-refractivity contribution in [3.63, 3.8) is 0 Å². The van der Waals surface area contributed by atoms with E-state index in [1.54, 1.807) is 6.07 Å². The molecule has 0 radical (unpaired) electrons. The number of nitro benzene ring substituents is 1. The van der Waals surface area contributed by atoms with Crippen LogP contribution in [0.3, 0.4) is 0 Å². The molecule has 19 heavy (non-hydrogen) atoms. The Labute approximate surface area is 119 Å². The zero-order valence-electron chi connectivity index (χ0n) is 10.4. The summed E-state index contributed by atoms with van der Waals surface area (Å²) in [5, 5.41) is 10.9. The Kier molecular flexibility index (Phi) is 4.87. The van der Waals surface area contributed by atoms with E-state index >= 15 is 0 Å². The summed E-state index contributed by atoms with van der Waals surface area (Å²) in [5.74, 6) is 0. The van der Waals surface area contributed by atoms with Crippen LogP contribution in [-0.4, -0.2) is 42.2 Å². The number of benzene rings is 1. The predicted molar refractivity (Wildman–Crippen MR) is 74.9 cm³/mol. The number of nitrogens with two attached hydrogens (primary N) is 1. The first-order valence-electron chi connectivity index (χ1n) is 6.07. The first kappa shape index (κ1) is 14.4. The summed E-state index contributed by atoms with van der Waals surface area (Å²) in [4.78, 5) is 12.7. The van der Waals surface area contributed by atoms with Gasteiger partial charge >= 0.3 is 0 Å². The van der Waals surface area contributed by atoms with Gasteiger partial charge in [-0.2, -0.15) is 0 Å². The molecule has 1 aliphatic heterocycles. The third-order valence-electron chi connectivity index (χ3n) is 3.13. The summed E-state index contributed by atoms with van der Waals surface area (Å²) in [5.41, 5.74) is 6.61. The first-order valence-corrected chi connectivity index (χ1v) is 6.87. The van der Waals surface area contributed by atoms with E-state index in [-0.39, 0.29) is 16.7 Å². The zero-order chi connectivity index (χ0) is 13.8. The van der Waals surface area contributed by atoms with Crippen molar-refractivity contribution < 1.29 is 9.66 Å². The first-order chi connectivity index (χ1) is 9.11. The van der Waals surface area contributed by atoms with Gasteiger partial charge in [-0.05, 0) is 21.5 Å². The average molecular weight is 330 g/mol. The second-order valence-corrected chi connectivity index (χ2v) is 5.26. The van der Waals surface area contributed by atoms with Crippen LogP contribution in [0.15, 0.2) is 22.7 Å². The maximum absolute atomic E-state index is 10.9. The molecule has 6 nitrogen and oxygen atoms in total. The van der Waals surface area contributed by atoms with Crippen molar-refractivity contribution in [2.45, 2.75) is 12.6 Å². The van der Waals surface area contributed by atoms with Gasteiger partial charge in [0.05, 0.1) is 22.1 Å². The highest BCUT2D eigenvalue weighted by Crippen LogP contribution is 2.29. The molecular formula is C12H16BrN3O3. The molecule has 1 aliphatic rings. The van der Waals surface area contributed by atoms with E-state index in [2.05, 4.69) is 20.8 Å². The molecule has 1 aromatic rings. The van der Waals surface area contributed by atoms with Crippen molar-refractivity contribution in [1.82, 2.24) is 4.90 Å². The number of halogens is 1. The molecule has 0 spiro atoms. The lowest BCUT2D eigenvalue weighted by molar-refractivity contribution is -0.385. The summed E-state index contributed by atoms with van der Waals surface area (Å²) in [6.07, 6.45) is 0.0474. The maximum Gasteiger partial charge on any atom is 0.283 e.